The third-order valence-electron chi connectivity index (χ3n) is 6.73. The van der Waals surface area contributed by atoms with Gasteiger partial charge in [-0.2, -0.15) is 5.10 Å². The van der Waals surface area contributed by atoms with Gasteiger partial charge in [0, 0.05) is 49.1 Å². The molecule has 240 valence electrons. The second kappa shape index (κ2) is 15.6. The number of fused-ring (bicyclic) bond motifs is 1. The van der Waals surface area contributed by atoms with Crippen LogP contribution in [0.5, 0.6) is 17.4 Å². The maximum atomic E-state index is 13.3. The molecule has 0 radical (unpaired) electrons. The van der Waals surface area contributed by atoms with Gasteiger partial charge in [-0.05, 0) is 29.2 Å². The summed E-state index contributed by atoms with van der Waals surface area (Å²) in [7, 11) is 3.04. The number of benzene rings is 2. The molecule has 2 N–H and O–H groups in total. The highest BCUT2D eigenvalue weighted by Gasteiger charge is 2.22. The van der Waals surface area contributed by atoms with E-state index < -0.39 is 6.03 Å². The molecule has 0 aliphatic heterocycles. The average Bonchev–Trinajstić information content (AvgIpc) is 3.47. The minimum atomic E-state index is -0.439. The largest absolute Gasteiger partial charge is 0.481 e. The second-order valence-corrected chi connectivity index (χ2v) is 11.1. The quantitative estimate of drug-likeness (QED) is 0.112. The van der Waals surface area contributed by atoms with Gasteiger partial charge in [-0.1, -0.05) is 67.6 Å². The highest BCUT2D eigenvalue weighted by molar-refractivity contribution is 14.1. The van der Waals surface area contributed by atoms with Gasteiger partial charge in [0.1, 0.15) is 23.9 Å². The first-order valence-corrected chi connectivity index (χ1v) is 15.8. The fourth-order valence-corrected chi connectivity index (χ4v) is 4.55. The number of carbonyl (C=O) groups is 2. The van der Waals surface area contributed by atoms with Crippen molar-refractivity contribution < 1.29 is 25.2 Å². The van der Waals surface area contributed by atoms with Crippen LogP contribution in [0.4, 0.5) is 16.3 Å². The number of alkyl halides is 1. The van der Waals surface area contributed by atoms with E-state index in [4.69, 9.17) is 20.7 Å². The molecule has 0 fully saturated rings. The molecule has 3 aromatic heterocycles. The van der Waals surface area contributed by atoms with Gasteiger partial charge in [-0.15, -0.1) is 0 Å². The second-order valence-electron chi connectivity index (χ2n) is 11.1. The zero-order valence-electron chi connectivity index (χ0n) is 27.3. The first kappa shape index (κ1) is 32.8. The Bertz CT molecular complexity index is 1820. The normalized spacial score (nSPS) is 11.2. The van der Waals surface area contributed by atoms with Crippen molar-refractivity contribution >= 4 is 56.7 Å². The standard InChI is InChI=1S/C33H34N6O5.CH3I/c1-33(2,3)29-18-30(39(38-29)22-10-13-31(43-5)35-19-22)37-32(41)36-27-11-12-28(26-9-7-6-8-25(26)27)44-24-14-15-34-21(17-24)16-23(40)20-42-4;1-2/h6-15,17-19H,16,20H2,1-5H3,(H2,36,37,41);1H3/i;1D. The zero-order chi connectivity index (χ0) is 34.0. The Morgan fingerprint density at radius 3 is 2.41 bits per heavy atom. The van der Waals surface area contributed by atoms with Crippen LogP contribution in [0.3, 0.4) is 0 Å². The molecule has 0 aliphatic rings. The van der Waals surface area contributed by atoms with Crippen molar-refractivity contribution in [3.8, 4) is 23.1 Å². The minimum absolute atomic E-state index is 0.0260. The van der Waals surface area contributed by atoms with E-state index in [1.54, 1.807) is 54.5 Å². The summed E-state index contributed by atoms with van der Waals surface area (Å²) in [6.07, 6.45) is 3.39. The van der Waals surface area contributed by atoms with Gasteiger partial charge in [-0.25, -0.2) is 14.5 Å². The fourth-order valence-electron chi connectivity index (χ4n) is 4.55. The number of nitrogens with one attached hydrogen (secondary N) is 2. The van der Waals surface area contributed by atoms with Gasteiger partial charge in [-0.3, -0.25) is 15.1 Å². The molecule has 0 bridgehead atoms. The highest BCUT2D eigenvalue weighted by Crippen LogP contribution is 2.35. The predicted octanol–water partition coefficient (Wildman–Crippen LogP) is 7.37. The maximum absolute atomic E-state index is 13.3. The van der Waals surface area contributed by atoms with Crippen LogP contribution < -0.4 is 20.1 Å². The summed E-state index contributed by atoms with van der Waals surface area (Å²) in [5.41, 5.74) is 2.41. The van der Waals surface area contributed by atoms with Crippen molar-refractivity contribution in [3.63, 3.8) is 0 Å². The van der Waals surface area contributed by atoms with Gasteiger partial charge in [0.25, 0.3) is 0 Å². The number of nitrogens with zero attached hydrogens (tertiary/aromatic N) is 4. The Morgan fingerprint density at radius 1 is 0.978 bits per heavy atom. The summed E-state index contributed by atoms with van der Waals surface area (Å²) in [4.78, 5) is 34.4. The molecule has 5 aromatic rings. The molecule has 3 heterocycles. The van der Waals surface area contributed by atoms with E-state index in [-0.39, 0.29) is 24.2 Å². The summed E-state index contributed by atoms with van der Waals surface area (Å²) >= 11 is 1.96. The summed E-state index contributed by atoms with van der Waals surface area (Å²) in [6, 6.07) is 19.6. The first-order valence-electron chi connectivity index (χ1n) is 15.0. The molecule has 0 aliphatic carbocycles. The number of amides is 2. The van der Waals surface area contributed by atoms with Crippen molar-refractivity contribution in [2.24, 2.45) is 0 Å². The molecule has 12 heteroatoms. The molecule has 5 rings (SSSR count). The van der Waals surface area contributed by atoms with E-state index in [1.165, 1.54) is 7.11 Å². The first-order chi connectivity index (χ1) is 22.6. The smallest absolute Gasteiger partial charge is 0.324 e. The van der Waals surface area contributed by atoms with Crippen LogP contribution in [-0.4, -0.2) is 57.3 Å². The fraction of sp³-hybridized carbons (Fsp3) is 0.265. The average molecular weight is 738 g/mol. The van der Waals surface area contributed by atoms with Gasteiger partial charge in [0.05, 0.1) is 42.5 Å². The molecule has 2 aromatic carbocycles. The van der Waals surface area contributed by atoms with Gasteiger partial charge in [0.15, 0.2) is 5.78 Å². The van der Waals surface area contributed by atoms with Crippen LogP contribution in [0.2, 0.25) is 0 Å². The van der Waals surface area contributed by atoms with E-state index in [9.17, 15) is 9.59 Å². The Morgan fingerprint density at radius 2 is 1.74 bits per heavy atom. The Labute approximate surface area is 283 Å². The molecule has 0 saturated heterocycles. The molecule has 0 saturated carbocycles. The molecule has 11 nitrogen and oxygen atoms in total. The number of methoxy groups -OCH3 is 2. The van der Waals surface area contributed by atoms with Crippen LogP contribution in [0.15, 0.2) is 79.1 Å². The number of anilines is 2. The van der Waals surface area contributed by atoms with Crippen molar-refractivity contribution in [1.82, 2.24) is 19.7 Å². The number of pyridine rings is 2. The number of urea groups is 1. The van der Waals surface area contributed by atoms with Gasteiger partial charge < -0.3 is 19.5 Å². The zero-order valence-corrected chi connectivity index (χ0v) is 28.5. The SMILES string of the molecule is COCC(=O)Cc1cc(Oc2ccc(NC(=O)Nc3cc(C(C)(C)C)nn3-c3ccc(OC)nc3)c3ccccc23)ccn1.[2H]CI. The van der Waals surface area contributed by atoms with E-state index in [0.717, 1.165) is 16.5 Å². The van der Waals surface area contributed by atoms with Crippen molar-refractivity contribution in [3.05, 3.63) is 90.5 Å². The van der Waals surface area contributed by atoms with E-state index in [1.807, 2.05) is 59.0 Å². The summed E-state index contributed by atoms with van der Waals surface area (Å²) in [5.74, 6) is 2.02. The number of ketones is 1. The third kappa shape index (κ3) is 8.57. The summed E-state index contributed by atoms with van der Waals surface area (Å²) < 4.78 is 24.1. The van der Waals surface area contributed by atoms with E-state index in [2.05, 4.69) is 41.4 Å². The lowest BCUT2D eigenvalue weighted by Crippen LogP contribution is -2.21. The minimum Gasteiger partial charge on any atom is -0.481 e. The number of halogens is 1. The maximum Gasteiger partial charge on any atom is 0.324 e. The molecule has 0 unspecified atom stereocenters. The lowest BCUT2D eigenvalue weighted by atomic mass is 9.92. The van der Waals surface area contributed by atoms with Crippen LogP contribution >= 0.6 is 22.6 Å². The highest BCUT2D eigenvalue weighted by atomic mass is 127. The van der Waals surface area contributed by atoms with Gasteiger partial charge in [0.2, 0.25) is 5.88 Å². The van der Waals surface area contributed by atoms with Crippen LogP contribution in [0.25, 0.3) is 16.5 Å². The Hall–Kier alpha value is -4.56. The van der Waals surface area contributed by atoms with Crippen molar-refractivity contribution in [1.29, 1.82) is 0 Å². The van der Waals surface area contributed by atoms with E-state index in [0.29, 0.717) is 45.2 Å². The number of hydrogen-bond donors (Lipinski definition) is 2. The monoisotopic (exact) mass is 737 g/mol. The van der Waals surface area contributed by atoms with Crippen LogP contribution in [0.1, 0.15) is 33.5 Å². The molecule has 0 atom stereocenters. The number of rotatable bonds is 10. The third-order valence-corrected chi connectivity index (χ3v) is 6.73. The topological polar surface area (TPSA) is 129 Å². The number of ether oxygens (including phenoxy) is 3. The van der Waals surface area contributed by atoms with Crippen molar-refractivity contribution in [2.45, 2.75) is 32.6 Å². The lowest BCUT2D eigenvalue weighted by molar-refractivity contribution is -0.122. The van der Waals surface area contributed by atoms with Gasteiger partial charge >= 0.3 is 6.03 Å². The number of carbonyl (C=O) groups excluding carboxylic acids is 2. The Balaban J connectivity index is 0.00000160. The molecular weight excluding hydrogens is 699 g/mol. The number of hydrogen-bond acceptors (Lipinski definition) is 8. The van der Waals surface area contributed by atoms with E-state index >= 15 is 0 Å². The molecule has 2 amide bonds. The molecule has 0 spiro atoms. The predicted molar refractivity (Wildman–Crippen MR) is 188 cm³/mol. The number of Topliss-reactive ketones (excluding diaryl/α,β-unsaturated/α-hetero) is 1. The molecule has 46 heavy (non-hydrogen) atoms. The van der Waals surface area contributed by atoms with Crippen LogP contribution in [-0.2, 0) is 21.4 Å². The van der Waals surface area contributed by atoms with Crippen LogP contribution in [0, 0.1) is 0 Å². The Kier molecular flexibility index (Phi) is 11.2. The summed E-state index contributed by atoms with van der Waals surface area (Å²) in [6.45, 7) is 6.19. The van der Waals surface area contributed by atoms with Crippen molar-refractivity contribution in [2.75, 3.05) is 36.4 Å². The lowest BCUT2D eigenvalue weighted by Gasteiger charge is -2.14. The summed E-state index contributed by atoms with van der Waals surface area (Å²) in [5, 5.41) is 12.2. The molecular formula is C34H37IN6O5. The number of aromatic nitrogens is 4.